The van der Waals surface area contributed by atoms with Crippen LogP contribution in [0.15, 0.2) is 46.3 Å². The molecule has 1 heterocycles. The van der Waals surface area contributed by atoms with E-state index in [1.807, 2.05) is 37.2 Å². The molecule has 3 rings (SSSR count). The van der Waals surface area contributed by atoms with Crippen molar-refractivity contribution in [2.24, 2.45) is 22.4 Å². The van der Waals surface area contributed by atoms with E-state index in [4.69, 9.17) is 31.3 Å². The first-order valence-electron chi connectivity index (χ1n) is 14.0. The number of aliphatic imine (C=N–C) groups is 1. The van der Waals surface area contributed by atoms with Gasteiger partial charge in [-0.2, -0.15) is 4.72 Å². The first kappa shape index (κ1) is 37.1. The highest BCUT2D eigenvalue weighted by Gasteiger charge is 2.31. The number of aliphatic carboxylic acids is 2. The molecule has 13 nitrogen and oxygen atoms in total. The smallest absolute Gasteiger partial charge is 0.300 e. The minimum atomic E-state index is -3.92. The van der Waals surface area contributed by atoms with Gasteiger partial charge in [-0.25, -0.2) is 8.42 Å². The fourth-order valence-corrected chi connectivity index (χ4v) is 5.69. The van der Waals surface area contributed by atoms with Gasteiger partial charge in [0.05, 0.1) is 4.90 Å². The normalized spacial score (nSPS) is 13.9. The summed E-state index contributed by atoms with van der Waals surface area (Å²) in [5.74, 6) is -1.27. The fourth-order valence-electron chi connectivity index (χ4n) is 4.43. The number of nitrogens with zero attached hydrogens (tertiary/aromatic N) is 3. The second-order valence-electron chi connectivity index (χ2n) is 10.4. The van der Waals surface area contributed by atoms with Gasteiger partial charge >= 0.3 is 0 Å². The van der Waals surface area contributed by atoms with Crippen LogP contribution in [0.3, 0.4) is 0 Å². The first-order chi connectivity index (χ1) is 20.1. The molecule has 1 amide bonds. The average molecular weight is 623 g/mol. The van der Waals surface area contributed by atoms with Crippen molar-refractivity contribution in [3.8, 4) is 0 Å². The molecule has 7 N–H and O–H groups in total. The van der Waals surface area contributed by atoms with Gasteiger partial charge in [-0.1, -0.05) is 25.5 Å². The molecule has 0 bridgehead atoms. The van der Waals surface area contributed by atoms with Crippen LogP contribution in [-0.4, -0.2) is 87.1 Å². The van der Waals surface area contributed by atoms with E-state index in [2.05, 4.69) is 16.6 Å². The van der Waals surface area contributed by atoms with Gasteiger partial charge in [0.1, 0.15) is 6.04 Å². The number of carboxylic acids is 2. The highest BCUT2D eigenvalue weighted by Crippen LogP contribution is 2.25. The molecule has 1 aliphatic rings. The summed E-state index contributed by atoms with van der Waals surface area (Å²) in [5, 5.41) is 16.6. The number of guanidine groups is 1. The number of hydrogen-bond acceptors (Lipinski definition) is 7. The van der Waals surface area contributed by atoms with E-state index in [0.29, 0.717) is 38.4 Å². The maximum absolute atomic E-state index is 13.4. The third-order valence-corrected chi connectivity index (χ3v) is 8.14. The number of sulfonamides is 1. The molecule has 0 radical (unpaired) electrons. The number of piperidine rings is 1. The lowest BCUT2D eigenvalue weighted by Crippen LogP contribution is -2.50. The second kappa shape index (κ2) is 17.9. The van der Waals surface area contributed by atoms with Crippen molar-refractivity contribution in [3.63, 3.8) is 0 Å². The largest absolute Gasteiger partial charge is 0.481 e. The van der Waals surface area contributed by atoms with Crippen LogP contribution in [0, 0.1) is 5.92 Å². The predicted octanol–water partition coefficient (Wildman–Crippen LogP) is 2.44. The lowest BCUT2D eigenvalue weighted by Gasteiger charge is -2.34. The van der Waals surface area contributed by atoms with Crippen LogP contribution in [0.5, 0.6) is 0 Å². The summed E-state index contributed by atoms with van der Waals surface area (Å²) in [6.07, 6.45) is 3.76. The third kappa shape index (κ3) is 13.7. The number of hydrogen-bond donors (Lipinski definition) is 5. The molecule has 0 saturated carbocycles. The molecule has 0 spiro atoms. The highest BCUT2D eigenvalue weighted by molar-refractivity contribution is 7.89. The summed E-state index contributed by atoms with van der Waals surface area (Å²) in [7, 11) is -0.00846. The molecule has 0 aliphatic carbocycles. The Morgan fingerprint density at radius 2 is 1.56 bits per heavy atom. The minimum Gasteiger partial charge on any atom is -0.481 e. The molecule has 1 saturated heterocycles. The Morgan fingerprint density at radius 3 is 2.07 bits per heavy atom. The van der Waals surface area contributed by atoms with Crippen LogP contribution >= 0.6 is 0 Å². The summed E-state index contributed by atoms with van der Waals surface area (Å²) in [4.78, 5) is 39.2. The molecule has 240 valence electrons. The lowest BCUT2D eigenvalue weighted by atomic mass is 9.94. The van der Waals surface area contributed by atoms with Crippen LogP contribution in [0.25, 0.3) is 10.8 Å². The zero-order valence-electron chi connectivity index (χ0n) is 25.6. The molecule has 2 aromatic carbocycles. The number of benzene rings is 2. The standard InChI is InChI=1S/C25H38N6O3S.2C2H4O2/c1-4-18-11-14-31(15-12-18)24(32)23(6-5-13-28-25(26)27)29-35(33,34)22-10-8-19-16-21(30(2)3)9-7-20(19)17-22;2*1-2(3)4/h7-10,16-18,23,29H,4-6,11-15H2,1-3H3,(H4,26,27,28);2*1H3,(H,3,4)/t23-;;/m0../s1. The Kier molecular flexibility index (Phi) is 15.5. The van der Waals surface area contributed by atoms with Gasteiger partial charge in [-0.05, 0) is 66.6 Å². The van der Waals surface area contributed by atoms with Gasteiger partial charge in [0.25, 0.3) is 11.9 Å². The Hall–Kier alpha value is -3.91. The quantitative estimate of drug-likeness (QED) is 0.148. The predicted molar refractivity (Wildman–Crippen MR) is 169 cm³/mol. The summed E-state index contributed by atoms with van der Waals surface area (Å²) < 4.78 is 29.3. The summed E-state index contributed by atoms with van der Waals surface area (Å²) in [5.41, 5.74) is 11.8. The molecular formula is C29H46N6O7S. The minimum absolute atomic E-state index is 0.0244. The number of carbonyl (C=O) groups is 3. The van der Waals surface area contributed by atoms with E-state index < -0.39 is 28.0 Å². The number of carboxylic acid groups (broad SMARTS) is 2. The van der Waals surface area contributed by atoms with Crippen LogP contribution in [0.1, 0.15) is 52.9 Å². The number of likely N-dealkylation sites (tertiary alicyclic amines) is 1. The number of nitrogens with two attached hydrogens (primary N) is 2. The number of amides is 1. The number of anilines is 1. The Morgan fingerprint density at radius 1 is 1.02 bits per heavy atom. The highest BCUT2D eigenvalue weighted by atomic mass is 32.2. The van der Waals surface area contributed by atoms with E-state index >= 15 is 0 Å². The Bertz CT molecular complexity index is 1330. The Labute approximate surface area is 254 Å². The molecular weight excluding hydrogens is 576 g/mol. The van der Waals surface area contributed by atoms with Gasteiger partial charge in [0.15, 0.2) is 5.96 Å². The van der Waals surface area contributed by atoms with Crippen LogP contribution in [0.4, 0.5) is 5.69 Å². The molecule has 2 aromatic rings. The molecule has 43 heavy (non-hydrogen) atoms. The van der Waals surface area contributed by atoms with Gasteiger partial charge in [-0.15, -0.1) is 0 Å². The van der Waals surface area contributed by atoms with Gasteiger partial charge in [-0.3, -0.25) is 19.4 Å². The number of nitrogens with one attached hydrogen (secondary N) is 1. The first-order valence-corrected chi connectivity index (χ1v) is 15.5. The molecule has 14 heteroatoms. The average Bonchev–Trinajstić information content (AvgIpc) is 2.93. The van der Waals surface area contributed by atoms with Crippen LogP contribution in [0.2, 0.25) is 0 Å². The molecule has 0 aromatic heterocycles. The van der Waals surface area contributed by atoms with Gasteiger partial charge < -0.3 is 31.5 Å². The maximum Gasteiger partial charge on any atom is 0.300 e. The van der Waals surface area contributed by atoms with Gasteiger partial charge in [0.2, 0.25) is 15.9 Å². The zero-order chi connectivity index (χ0) is 32.7. The van der Waals surface area contributed by atoms with E-state index in [9.17, 15) is 13.2 Å². The Balaban J connectivity index is 0.00000103. The summed E-state index contributed by atoms with van der Waals surface area (Å²) in [6.45, 7) is 5.95. The zero-order valence-corrected chi connectivity index (χ0v) is 26.4. The molecule has 1 fully saturated rings. The van der Waals surface area contributed by atoms with Crippen molar-refractivity contribution in [2.75, 3.05) is 38.6 Å². The summed E-state index contributed by atoms with van der Waals surface area (Å²) >= 11 is 0. The number of rotatable bonds is 10. The monoisotopic (exact) mass is 622 g/mol. The third-order valence-electron chi connectivity index (χ3n) is 6.67. The lowest BCUT2D eigenvalue weighted by molar-refractivity contribution is -0.135. The summed E-state index contributed by atoms with van der Waals surface area (Å²) in [6, 6.07) is 10.0. The topological polar surface area (TPSA) is 209 Å². The molecule has 1 aliphatic heterocycles. The SMILES string of the molecule is CC(=O)O.CC(=O)O.CCC1CCN(C(=O)[C@H](CCCN=C(N)N)NS(=O)(=O)c2ccc3cc(N(C)C)ccc3c2)CC1. The second-order valence-corrected chi connectivity index (χ2v) is 12.1. The molecule has 0 unspecified atom stereocenters. The van der Waals surface area contributed by atoms with Crippen molar-refractivity contribution in [3.05, 3.63) is 36.4 Å². The maximum atomic E-state index is 13.4. The van der Waals surface area contributed by atoms with Crippen LogP contribution < -0.4 is 21.1 Å². The van der Waals surface area contributed by atoms with E-state index in [1.165, 1.54) is 0 Å². The van der Waals surface area contributed by atoms with E-state index in [1.54, 1.807) is 23.1 Å². The van der Waals surface area contributed by atoms with Crippen molar-refractivity contribution < 1.29 is 33.0 Å². The van der Waals surface area contributed by atoms with Crippen molar-refractivity contribution >= 4 is 50.3 Å². The van der Waals surface area contributed by atoms with E-state index in [0.717, 1.165) is 49.6 Å². The van der Waals surface area contributed by atoms with Crippen molar-refractivity contribution in [1.29, 1.82) is 0 Å². The molecule has 1 atom stereocenters. The van der Waals surface area contributed by atoms with Crippen LogP contribution in [-0.2, 0) is 24.4 Å². The van der Waals surface area contributed by atoms with Crippen molar-refractivity contribution in [2.45, 2.75) is 63.8 Å². The number of fused-ring (bicyclic) bond motifs is 1. The number of carbonyl (C=O) groups excluding carboxylic acids is 1. The van der Waals surface area contributed by atoms with E-state index in [-0.39, 0.29) is 16.8 Å². The fraction of sp³-hybridized carbons (Fsp3) is 0.517. The van der Waals surface area contributed by atoms with Crippen molar-refractivity contribution in [1.82, 2.24) is 9.62 Å². The van der Waals surface area contributed by atoms with Gasteiger partial charge in [0, 0.05) is 53.3 Å².